The van der Waals surface area contributed by atoms with E-state index in [-0.39, 0.29) is 23.2 Å². The normalized spacial score (nSPS) is 20.1. The maximum absolute atomic E-state index is 11.3. The van der Waals surface area contributed by atoms with E-state index < -0.39 is 5.97 Å². The molecule has 3 aromatic rings. The molecule has 1 aliphatic rings. The Morgan fingerprint density at radius 1 is 1.12 bits per heavy atom. The van der Waals surface area contributed by atoms with E-state index >= 15 is 0 Å². The van der Waals surface area contributed by atoms with Crippen molar-refractivity contribution in [3.8, 4) is 5.75 Å². The molecule has 5 nitrogen and oxygen atoms in total. The molecule has 0 radical (unpaired) electrons. The smallest absolute Gasteiger partial charge is 0.304 e. The Hall–Kier alpha value is -3.08. The predicted molar refractivity (Wildman–Crippen MR) is 128 cm³/mol. The Morgan fingerprint density at radius 3 is 2.52 bits per heavy atom. The highest BCUT2D eigenvalue weighted by Gasteiger charge is 2.38. The van der Waals surface area contributed by atoms with E-state index in [4.69, 9.17) is 9.15 Å². The zero-order chi connectivity index (χ0) is 23.6. The quantitative estimate of drug-likeness (QED) is 0.421. The van der Waals surface area contributed by atoms with Gasteiger partial charge >= 0.3 is 5.97 Å². The van der Waals surface area contributed by atoms with Gasteiger partial charge in [-0.05, 0) is 64.5 Å². The highest BCUT2D eigenvalue weighted by atomic mass is 16.5. The molecule has 4 rings (SSSR count). The second kappa shape index (κ2) is 9.05. The lowest BCUT2D eigenvalue weighted by Crippen LogP contribution is -2.35. The number of aliphatic carboxylic acids is 1. The average molecular weight is 448 g/mol. The van der Waals surface area contributed by atoms with Gasteiger partial charge in [-0.3, -0.25) is 4.79 Å². The highest BCUT2D eigenvalue weighted by molar-refractivity contribution is 5.68. The summed E-state index contributed by atoms with van der Waals surface area (Å²) < 4.78 is 11.4. The number of fused-ring (bicyclic) bond motifs is 1. The third-order valence-corrected chi connectivity index (χ3v) is 7.41. The van der Waals surface area contributed by atoms with Crippen molar-refractivity contribution in [1.29, 1.82) is 0 Å². The average Bonchev–Trinajstić information content (AvgIpc) is 3.34. The number of nitrogens with zero attached hydrogens (tertiary/aromatic N) is 1. The molecule has 0 bridgehead atoms. The third-order valence-electron chi connectivity index (χ3n) is 7.41. The van der Waals surface area contributed by atoms with Gasteiger partial charge in [0.2, 0.25) is 0 Å². The molecule has 0 saturated heterocycles. The van der Waals surface area contributed by atoms with Gasteiger partial charge in [0.1, 0.15) is 18.1 Å². The fourth-order valence-corrected chi connectivity index (χ4v) is 4.91. The molecule has 174 valence electrons. The number of carbonyl (C=O) groups is 1. The van der Waals surface area contributed by atoms with Crippen LogP contribution >= 0.6 is 0 Å². The number of benzene rings is 2. The van der Waals surface area contributed by atoms with Gasteiger partial charge in [-0.2, -0.15) is 0 Å². The summed E-state index contributed by atoms with van der Waals surface area (Å²) in [5.74, 6) is 0.0311. The largest absolute Gasteiger partial charge is 0.489 e. The van der Waals surface area contributed by atoms with Crippen molar-refractivity contribution in [2.24, 2.45) is 0 Å². The molecule has 1 N–H and O–H groups in total. The molecule has 1 aliphatic carbocycles. The monoisotopic (exact) mass is 447 g/mol. The lowest BCUT2D eigenvalue weighted by Gasteiger charge is -2.43. The summed E-state index contributed by atoms with van der Waals surface area (Å²) in [5, 5.41) is 9.29. The van der Waals surface area contributed by atoms with Gasteiger partial charge in [0.05, 0.1) is 18.5 Å². The molecule has 1 aromatic heterocycles. The summed E-state index contributed by atoms with van der Waals surface area (Å²) in [5.41, 5.74) is 5.36. The first-order valence-corrected chi connectivity index (χ1v) is 11.7. The van der Waals surface area contributed by atoms with Crippen LogP contribution in [0.1, 0.15) is 87.3 Å². The van der Waals surface area contributed by atoms with E-state index in [1.54, 1.807) is 6.20 Å². The van der Waals surface area contributed by atoms with Crippen molar-refractivity contribution < 1.29 is 19.1 Å². The zero-order valence-corrected chi connectivity index (χ0v) is 19.9. The van der Waals surface area contributed by atoms with E-state index in [2.05, 4.69) is 50.9 Å². The SMILES string of the molecule is CCC1(C)CCC(C)(C)c2cc(COc3ccc(C(CC(=O)O)c4cnco4)cc3)ccc21. The number of carboxylic acid groups (broad SMARTS) is 1. The summed E-state index contributed by atoms with van der Waals surface area (Å²) in [4.78, 5) is 15.3. The third kappa shape index (κ3) is 4.82. The second-order valence-corrected chi connectivity index (χ2v) is 10.1. The fourth-order valence-electron chi connectivity index (χ4n) is 4.91. The van der Waals surface area contributed by atoms with Gasteiger partial charge in [-0.25, -0.2) is 4.98 Å². The van der Waals surface area contributed by atoms with E-state index in [9.17, 15) is 9.90 Å². The molecule has 33 heavy (non-hydrogen) atoms. The van der Waals surface area contributed by atoms with Crippen molar-refractivity contribution in [3.63, 3.8) is 0 Å². The molecular formula is C28H33NO4. The molecule has 0 spiro atoms. The summed E-state index contributed by atoms with van der Waals surface area (Å²) in [6.07, 6.45) is 6.40. The Kier molecular flexibility index (Phi) is 6.33. The minimum Gasteiger partial charge on any atom is -0.489 e. The number of aromatic nitrogens is 1. The highest BCUT2D eigenvalue weighted by Crippen LogP contribution is 2.47. The summed E-state index contributed by atoms with van der Waals surface area (Å²) in [6.45, 7) is 9.84. The maximum Gasteiger partial charge on any atom is 0.304 e. The van der Waals surface area contributed by atoms with E-state index in [1.165, 1.54) is 30.4 Å². The molecule has 0 amide bonds. The van der Waals surface area contributed by atoms with Crippen molar-refractivity contribution >= 4 is 5.97 Å². The van der Waals surface area contributed by atoms with Crippen LogP contribution in [0.3, 0.4) is 0 Å². The maximum atomic E-state index is 11.3. The van der Waals surface area contributed by atoms with E-state index in [1.807, 2.05) is 24.3 Å². The first kappa shape index (κ1) is 23.1. The second-order valence-electron chi connectivity index (χ2n) is 10.1. The number of hydrogen-bond acceptors (Lipinski definition) is 4. The summed E-state index contributed by atoms with van der Waals surface area (Å²) in [6, 6.07) is 14.4. The zero-order valence-electron chi connectivity index (χ0n) is 19.9. The van der Waals surface area contributed by atoms with Crippen LogP contribution in [0.25, 0.3) is 0 Å². The Morgan fingerprint density at radius 2 is 1.88 bits per heavy atom. The summed E-state index contributed by atoms with van der Waals surface area (Å²) in [7, 11) is 0. The number of ether oxygens (including phenoxy) is 1. The molecule has 0 fully saturated rings. The van der Waals surface area contributed by atoms with E-state index in [0.29, 0.717) is 12.4 Å². The van der Waals surface area contributed by atoms with Crippen LogP contribution in [-0.4, -0.2) is 16.1 Å². The molecule has 0 saturated carbocycles. The molecule has 2 aromatic carbocycles. The summed E-state index contributed by atoms with van der Waals surface area (Å²) >= 11 is 0. The van der Waals surface area contributed by atoms with Crippen molar-refractivity contribution in [3.05, 3.63) is 83.1 Å². The first-order chi connectivity index (χ1) is 15.7. The Labute approximate surface area is 195 Å². The van der Waals surface area contributed by atoms with Crippen LogP contribution in [-0.2, 0) is 22.2 Å². The van der Waals surface area contributed by atoms with Gasteiger partial charge < -0.3 is 14.3 Å². The fraction of sp³-hybridized carbons (Fsp3) is 0.429. The standard InChI is InChI=1S/C28H33NO4/c1-5-28(4)13-12-27(2,3)24-14-19(6-11-23(24)28)17-32-21-9-7-20(8-10-21)22(15-26(30)31)25-16-29-18-33-25/h6-11,14,16,18,22H,5,12-13,15,17H2,1-4H3,(H,30,31). The molecule has 0 aliphatic heterocycles. The van der Waals surface area contributed by atoms with Crippen molar-refractivity contribution in [2.45, 2.75) is 76.7 Å². The van der Waals surface area contributed by atoms with Crippen LogP contribution in [0.5, 0.6) is 5.75 Å². The van der Waals surface area contributed by atoms with Crippen LogP contribution in [0.2, 0.25) is 0 Å². The van der Waals surface area contributed by atoms with Crippen LogP contribution in [0, 0.1) is 0 Å². The minimum absolute atomic E-state index is 0.0585. The van der Waals surface area contributed by atoms with Gasteiger partial charge in [-0.1, -0.05) is 58.0 Å². The van der Waals surface area contributed by atoms with E-state index in [0.717, 1.165) is 23.3 Å². The van der Waals surface area contributed by atoms with Crippen molar-refractivity contribution in [1.82, 2.24) is 4.98 Å². The lowest BCUT2D eigenvalue weighted by molar-refractivity contribution is -0.137. The van der Waals surface area contributed by atoms with Crippen LogP contribution < -0.4 is 4.74 Å². The number of carboxylic acids is 1. The molecule has 2 atom stereocenters. The van der Waals surface area contributed by atoms with Crippen molar-refractivity contribution in [2.75, 3.05) is 0 Å². The van der Waals surface area contributed by atoms with Crippen LogP contribution in [0.15, 0.2) is 59.5 Å². The number of rotatable bonds is 8. The molecule has 1 heterocycles. The van der Waals surface area contributed by atoms with Gasteiger partial charge in [0, 0.05) is 0 Å². The van der Waals surface area contributed by atoms with Gasteiger partial charge in [0.15, 0.2) is 6.39 Å². The lowest BCUT2D eigenvalue weighted by atomic mass is 9.61. The number of hydrogen-bond donors (Lipinski definition) is 1. The minimum atomic E-state index is -0.883. The number of oxazole rings is 1. The Balaban J connectivity index is 1.49. The van der Waals surface area contributed by atoms with Gasteiger partial charge in [0.25, 0.3) is 0 Å². The van der Waals surface area contributed by atoms with Crippen LogP contribution in [0.4, 0.5) is 0 Å². The Bertz CT molecular complexity index is 1100. The molecule has 2 unspecified atom stereocenters. The molecule has 5 heteroatoms. The predicted octanol–water partition coefficient (Wildman–Crippen LogP) is 6.60. The molecular weight excluding hydrogens is 414 g/mol. The first-order valence-electron chi connectivity index (χ1n) is 11.7. The van der Waals surface area contributed by atoms with Gasteiger partial charge in [-0.15, -0.1) is 0 Å². The topological polar surface area (TPSA) is 72.6 Å².